The van der Waals surface area contributed by atoms with Gasteiger partial charge in [-0.25, -0.2) is 0 Å². The number of carbonyl (C=O) groups is 1. The Morgan fingerprint density at radius 1 is 1.45 bits per heavy atom. The monoisotopic (exact) mass is 314 g/mol. The normalized spacial score (nSPS) is 22.6. The molecule has 20 heavy (non-hydrogen) atoms. The van der Waals surface area contributed by atoms with Crippen LogP contribution in [-0.2, 0) is 11.3 Å². The van der Waals surface area contributed by atoms with Gasteiger partial charge >= 0.3 is 0 Å². The maximum absolute atomic E-state index is 12.4. The van der Waals surface area contributed by atoms with Crippen LogP contribution in [-0.4, -0.2) is 30.4 Å². The number of nitrogens with one attached hydrogen (secondary N) is 1. The van der Waals surface area contributed by atoms with E-state index in [0.717, 1.165) is 24.9 Å². The number of hydrogen-bond donors (Lipinski definition) is 1. The van der Waals surface area contributed by atoms with E-state index in [0.29, 0.717) is 22.5 Å². The summed E-state index contributed by atoms with van der Waals surface area (Å²) in [5.74, 6) is 0.722. The van der Waals surface area contributed by atoms with Crippen molar-refractivity contribution in [3.05, 3.63) is 33.8 Å². The van der Waals surface area contributed by atoms with Crippen LogP contribution in [0.15, 0.2) is 18.2 Å². The van der Waals surface area contributed by atoms with E-state index in [4.69, 9.17) is 23.2 Å². The molecule has 110 valence electrons. The van der Waals surface area contributed by atoms with Crippen molar-refractivity contribution in [3.8, 4) is 0 Å². The van der Waals surface area contributed by atoms with E-state index in [-0.39, 0.29) is 11.9 Å². The first-order valence-electron chi connectivity index (χ1n) is 6.89. The second-order valence-electron chi connectivity index (χ2n) is 5.57. The summed E-state index contributed by atoms with van der Waals surface area (Å²) in [5, 5.41) is 4.50. The first-order chi connectivity index (χ1) is 9.47. The molecule has 3 nitrogen and oxygen atoms in total. The van der Waals surface area contributed by atoms with Gasteiger partial charge in [-0.2, -0.15) is 0 Å². The van der Waals surface area contributed by atoms with Crippen LogP contribution in [0.25, 0.3) is 0 Å². The minimum atomic E-state index is -0.0742. The zero-order valence-corrected chi connectivity index (χ0v) is 13.3. The lowest BCUT2D eigenvalue weighted by atomic mass is 9.93. The van der Waals surface area contributed by atoms with Gasteiger partial charge in [0.05, 0.1) is 6.04 Å². The lowest BCUT2D eigenvalue weighted by Gasteiger charge is -2.30. The number of rotatable bonds is 3. The summed E-state index contributed by atoms with van der Waals surface area (Å²) in [7, 11) is 1.81. The maximum atomic E-state index is 12.4. The SMILES string of the molecule is CC1CCNC(C(=O)N(C)Cc2ccc(Cl)cc2Cl)C1. The number of amides is 1. The van der Waals surface area contributed by atoms with E-state index >= 15 is 0 Å². The van der Waals surface area contributed by atoms with Crippen LogP contribution in [0.4, 0.5) is 0 Å². The molecule has 0 spiro atoms. The van der Waals surface area contributed by atoms with Gasteiger partial charge in [0.2, 0.25) is 5.91 Å². The van der Waals surface area contributed by atoms with Crippen molar-refractivity contribution in [2.24, 2.45) is 5.92 Å². The fourth-order valence-electron chi connectivity index (χ4n) is 2.55. The van der Waals surface area contributed by atoms with Gasteiger partial charge in [-0.05, 0) is 43.0 Å². The van der Waals surface area contributed by atoms with E-state index in [1.54, 1.807) is 17.0 Å². The van der Waals surface area contributed by atoms with E-state index < -0.39 is 0 Å². The zero-order valence-electron chi connectivity index (χ0n) is 11.8. The molecule has 1 saturated heterocycles. The molecule has 1 aromatic carbocycles. The number of piperidine rings is 1. The van der Waals surface area contributed by atoms with Gasteiger partial charge < -0.3 is 10.2 Å². The molecule has 2 rings (SSSR count). The molecular weight excluding hydrogens is 295 g/mol. The standard InChI is InChI=1S/C15H20Cl2N2O/c1-10-5-6-18-14(7-10)15(20)19(2)9-11-3-4-12(16)8-13(11)17/h3-4,8,10,14,18H,5-7,9H2,1-2H3. The average molecular weight is 315 g/mol. The average Bonchev–Trinajstić information content (AvgIpc) is 2.41. The van der Waals surface area contributed by atoms with E-state index in [1.165, 1.54) is 0 Å². The first-order valence-corrected chi connectivity index (χ1v) is 7.65. The van der Waals surface area contributed by atoms with Crippen molar-refractivity contribution >= 4 is 29.1 Å². The highest BCUT2D eigenvalue weighted by molar-refractivity contribution is 6.35. The summed E-state index contributed by atoms with van der Waals surface area (Å²) in [6.07, 6.45) is 2.04. The molecule has 0 radical (unpaired) electrons. The third kappa shape index (κ3) is 3.87. The quantitative estimate of drug-likeness (QED) is 0.928. The highest BCUT2D eigenvalue weighted by Gasteiger charge is 2.27. The Morgan fingerprint density at radius 2 is 2.20 bits per heavy atom. The summed E-state index contributed by atoms with van der Waals surface area (Å²) in [6, 6.07) is 5.29. The number of benzene rings is 1. The first kappa shape index (κ1) is 15.6. The molecule has 1 aromatic rings. The Bertz CT molecular complexity index is 493. The molecular formula is C15H20Cl2N2O. The second kappa shape index (κ2) is 6.79. The Kier molecular flexibility index (Phi) is 5.30. The Hall–Kier alpha value is -0.770. The van der Waals surface area contributed by atoms with Crippen LogP contribution >= 0.6 is 23.2 Å². The van der Waals surface area contributed by atoms with Crippen molar-refractivity contribution in [1.82, 2.24) is 10.2 Å². The summed E-state index contributed by atoms with van der Waals surface area (Å²) in [4.78, 5) is 14.1. The number of carbonyl (C=O) groups excluding carboxylic acids is 1. The van der Waals surface area contributed by atoms with Gasteiger partial charge in [-0.15, -0.1) is 0 Å². The molecule has 1 aliphatic rings. The van der Waals surface area contributed by atoms with Crippen LogP contribution < -0.4 is 5.32 Å². The smallest absolute Gasteiger partial charge is 0.239 e. The van der Waals surface area contributed by atoms with Crippen LogP contribution in [0.2, 0.25) is 10.0 Å². The molecule has 1 aliphatic heterocycles. The van der Waals surface area contributed by atoms with Gasteiger partial charge in [0, 0.05) is 23.6 Å². The van der Waals surface area contributed by atoms with Crippen molar-refractivity contribution in [2.45, 2.75) is 32.4 Å². The van der Waals surface area contributed by atoms with Gasteiger partial charge in [0.25, 0.3) is 0 Å². The molecule has 0 saturated carbocycles. The summed E-state index contributed by atoms with van der Waals surface area (Å²) < 4.78 is 0. The number of hydrogen-bond acceptors (Lipinski definition) is 2. The molecule has 0 bridgehead atoms. The highest BCUT2D eigenvalue weighted by atomic mass is 35.5. The van der Waals surface area contributed by atoms with E-state index in [9.17, 15) is 4.79 Å². The van der Waals surface area contributed by atoms with Crippen LogP contribution in [0.5, 0.6) is 0 Å². The molecule has 0 aromatic heterocycles. The Labute approximate surface area is 130 Å². The molecule has 1 amide bonds. The topological polar surface area (TPSA) is 32.3 Å². The molecule has 1 fully saturated rings. The predicted octanol–water partition coefficient (Wildman–Crippen LogP) is 3.34. The second-order valence-corrected chi connectivity index (χ2v) is 6.41. The van der Waals surface area contributed by atoms with Crippen LogP contribution in [0.1, 0.15) is 25.3 Å². The van der Waals surface area contributed by atoms with Gasteiger partial charge in [-0.1, -0.05) is 36.2 Å². The van der Waals surface area contributed by atoms with Crippen LogP contribution in [0, 0.1) is 5.92 Å². The minimum absolute atomic E-state index is 0.0742. The summed E-state index contributed by atoms with van der Waals surface area (Å²) >= 11 is 12.0. The third-order valence-electron chi connectivity index (χ3n) is 3.76. The minimum Gasteiger partial charge on any atom is -0.340 e. The largest absolute Gasteiger partial charge is 0.340 e. The van der Waals surface area contributed by atoms with Crippen molar-refractivity contribution in [1.29, 1.82) is 0 Å². The van der Waals surface area contributed by atoms with E-state index in [1.807, 2.05) is 13.1 Å². The van der Waals surface area contributed by atoms with Crippen molar-refractivity contribution in [3.63, 3.8) is 0 Å². The van der Waals surface area contributed by atoms with Crippen LogP contribution in [0.3, 0.4) is 0 Å². The Balaban J connectivity index is 2.00. The lowest BCUT2D eigenvalue weighted by molar-refractivity contribution is -0.133. The maximum Gasteiger partial charge on any atom is 0.239 e. The molecule has 0 aliphatic carbocycles. The third-order valence-corrected chi connectivity index (χ3v) is 4.35. The van der Waals surface area contributed by atoms with Crippen molar-refractivity contribution < 1.29 is 4.79 Å². The number of halogens is 2. The lowest BCUT2D eigenvalue weighted by Crippen LogP contribution is -2.48. The molecule has 2 unspecified atom stereocenters. The zero-order chi connectivity index (χ0) is 14.7. The fourth-order valence-corrected chi connectivity index (χ4v) is 3.01. The number of nitrogens with zero attached hydrogens (tertiary/aromatic N) is 1. The Morgan fingerprint density at radius 3 is 2.85 bits per heavy atom. The molecule has 1 N–H and O–H groups in total. The van der Waals surface area contributed by atoms with Gasteiger partial charge in [0.1, 0.15) is 0 Å². The number of likely N-dealkylation sites (N-methyl/N-ethyl adjacent to an activating group) is 1. The van der Waals surface area contributed by atoms with E-state index in [2.05, 4.69) is 12.2 Å². The summed E-state index contributed by atoms with van der Waals surface area (Å²) in [6.45, 7) is 3.60. The summed E-state index contributed by atoms with van der Waals surface area (Å²) in [5.41, 5.74) is 0.913. The van der Waals surface area contributed by atoms with Gasteiger partial charge in [-0.3, -0.25) is 4.79 Å². The predicted molar refractivity (Wildman–Crippen MR) is 83.1 cm³/mol. The molecule has 2 atom stereocenters. The van der Waals surface area contributed by atoms with Crippen molar-refractivity contribution in [2.75, 3.05) is 13.6 Å². The van der Waals surface area contributed by atoms with Gasteiger partial charge in [0.15, 0.2) is 0 Å². The molecule has 5 heteroatoms. The fraction of sp³-hybridized carbons (Fsp3) is 0.533. The highest BCUT2D eigenvalue weighted by Crippen LogP contribution is 2.23. The molecule has 1 heterocycles.